The number of methoxy groups -OCH3 is 2. The van der Waals surface area contributed by atoms with Gasteiger partial charge in [-0.3, -0.25) is 15.0 Å². The summed E-state index contributed by atoms with van der Waals surface area (Å²) in [5.41, 5.74) is 3.73. The number of nitrogens with zero attached hydrogens (tertiary/aromatic N) is 2. The van der Waals surface area contributed by atoms with Crippen molar-refractivity contribution in [2.45, 2.75) is 19.5 Å². The van der Waals surface area contributed by atoms with E-state index in [4.69, 9.17) is 32.7 Å². The maximum absolute atomic E-state index is 12.5. The van der Waals surface area contributed by atoms with Crippen LogP contribution in [0.1, 0.15) is 27.2 Å². The fraction of sp³-hybridized carbons (Fsp3) is 0.273. The Labute approximate surface area is 194 Å². The molecule has 9 heteroatoms. The van der Waals surface area contributed by atoms with Crippen LogP contribution in [-0.2, 0) is 19.5 Å². The molecule has 0 radical (unpaired) electrons. The molecule has 3 aromatic rings. The van der Waals surface area contributed by atoms with Crippen LogP contribution >= 0.6 is 34.5 Å². The number of anilines is 1. The monoisotopic (exact) mass is 477 g/mol. The lowest BCUT2D eigenvalue weighted by atomic mass is 9.98. The largest absolute Gasteiger partial charge is 0.493 e. The van der Waals surface area contributed by atoms with Crippen LogP contribution in [-0.4, -0.2) is 36.6 Å². The molecular weight excluding hydrogens is 457 g/mol. The van der Waals surface area contributed by atoms with Gasteiger partial charge in [0.2, 0.25) is 0 Å². The van der Waals surface area contributed by atoms with Gasteiger partial charge in [-0.2, -0.15) is 0 Å². The summed E-state index contributed by atoms with van der Waals surface area (Å²) in [5, 5.41) is 6.09. The van der Waals surface area contributed by atoms with Crippen LogP contribution < -0.4 is 14.8 Å². The number of carbonyl (C=O) groups is 1. The second-order valence-electron chi connectivity index (χ2n) is 7.16. The maximum atomic E-state index is 12.5. The molecule has 162 valence electrons. The van der Waals surface area contributed by atoms with Gasteiger partial charge < -0.3 is 9.47 Å². The van der Waals surface area contributed by atoms with E-state index in [1.54, 1.807) is 32.4 Å². The fourth-order valence-electron chi connectivity index (χ4n) is 3.58. The summed E-state index contributed by atoms with van der Waals surface area (Å²) in [6.07, 6.45) is 0.927. The summed E-state index contributed by atoms with van der Waals surface area (Å²) in [5.74, 6) is 1.16. The quantitative estimate of drug-likeness (QED) is 0.523. The minimum atomic E-state index is -0.332. The molecule has 0 saturated carbocycles. The molecule has 1 aromatic heterocycles. The lowest BCUT2D eigenvalue weighted by Crippen LogP contribution is -2.30. The van der Waals surface area contributed by atoms with Crippen molar-refractivity contribution >= 4 is 45.6 Å². The number of amides is 1. The number of aromatic nitrogens is 1. The number of ether oxygens (including phenoxy) is 2. The molecule has 0 bridgehead atoms. The number of fused-ring (bicyclic) bond motifs is 1. The number of hydrogen-bond donors (Lipinski definition) is 1. The van der Waals surface area contributed by atoms with Crippen LogP contribution in [0.5, 0.6) is 11.5 Å². The normalized spacial score (nSPS) is 13.5. The number of thiazole rings is 1. The number of benzene rings is 2. The third-order valence-corrected chi connectivity index (χ3v) is 6.50. The fourth-order valence-corrected chi connectivity index (χ4v) is 4.65. The van der Waals surface area contributed by atoms with Gasteiger partial charge in [0, 0.05) is 30.0 Å². The van der Waals surface area contributed by atoms with Gasteiger partial charge in [-0.25, -0.2) is 4.98 Å². The third-order valence-electron chi connectivity index (χ3n) is 5.13. The summed E-state index contributed by atoms with van der Waals surface area (Å²) in [7, 11) is 3.30. The topological polar surface area (TPSA) is 63.7 Å². The Bertz CT molecular complexity index is 1120. The minimum absolute atomic E-state index is 0.322. The van der Waals surface area contributed by atoms with E-state index in [2.05, 4.69) is 21.3 Å². The molecule has 2 aromatic carbocycles. The Morgan fingerprint density at radius 1 is 1.16 bits per heavy atom. The van der Waals surface area contributed by atoms with E-state index < -0.39 is 0 Å². The molecule has 0 fully saturated rings. The number of rotatable bonds is 6. The zero-order valence-electron chi connectivity index (χ0n) is 17.1. The minimum Gasteiger partial charge on any atom is -0.493 e. The van der Waals surface area contributed by atoms with Crippen LogP contribution in [0.2, 0.25) is 10.0 Å². The van der Waals surface area contributed by atoms with E-state index in [9.17, 15) is 4.79 Å². The SMILES string of the molecule is COc1cc2c(cc1OC)CN(Cc1csc(NC(=O)c3cc(Cl)ccc3Cl)n1)CC2. The molecule has 31 heavy (non-hydrogen) atoms. The Balaban J connectivity index is 1.42. The molecule has 1 aliphatic rings. The summed E-state index contributed by atoms with van der Waals surface area (Å²) < 4.78 is 10.8. The van der Waals surface area contributed by atoms with Crippen LogP contribution in [0.4, 0.5) is 5.13 Å². The summed E-state index contributed by atoms with van der Waals surface area (Å²) in [6, 6.07) is 8.89. The Morgan fingerprint density at radius 3 is 2.65 bits per heavy atom. The van der Waals surface area contributed by atoms with Gasteiger partial charge in [-0.1, -0.05) is 23.2 Å². The average molecular weight is 478 g/mol. The van der Waals surface area contributed by atoms with Crippen molar-refractivity contribution in [2.75, 3.05) is 26.1 Å². The Morgan fingerprint density at radius 2 is 1.90 bits per heavy atom. The van der Waals surface area contributed by atoms with Crippen molar-refractivity contribution in [3.05, 3.63) is 68.1 Å². The smallest absolute Gasteiger partial charge is 0.259 e. The van der Waals surface area contributed by atoms with Gasteiger partial charge in [-0.15, -0.1) is 11.3 Å². The summed E-state index contributed by atoms with van der Waals surface area (Å²) in [6.45, 7) is 2.41. The lowest BCUT2D eigenvalue weighted by molar-refractivity contribution is 0.102. The molecule has 0 aliphatic carbocycles. The predicted molar refractivity (Wildman–Crippen MR) is 124 cm³/mol. The molecule has 4 rings (SSSR count). The molecular formula is C22H21Cl2N3O3S. The molecule has 1 aliphatic heterocycles. The molecule has 1 N–H and O–H groups in total. The van der Waals surface area contributed by atoms with E-state index >= 15 is 0 Å². The number of nitrogens with one attached hydrogen (secondary N) is 1. The number of carbonyl (C=O) groups excluding carboxylic acids is 1. The van der Waals surface area contributed by atoms with Gasteiger partial charge in [-0.05, 0) is 47.9 Å². The maximum Gasteiger partial charge on any atom is 0.259 e. The number of hydrogen-bond acceptors (Lipinski definition) is 6. The van der Waals surface area contributed by atoms with Gasteiger partial charge in [0.1, 0.15) is 0 Å². The number of halogens is 2. The third kappa shape index (κ3) is 4.96. The van der Waals surface area contributed by atoms with Crippen LogP contribution in [0.3, 0.4) is 0 Å². The zero-order valence-corrected chi connectivity index (χ0v) is 19.4. The van der Waals surface area contributed by atoms with E-state index in [1.165, 1.54) is 22.5 Å². The molecule has 0 saturated heterocycles. The van der Waals surface area contributed by atoms with E-state index in [1.807, 2.05) is 11.4 Å². The van der Waals surface area contributed by atoms with Gasteiger partial charge in [0.15, 0.2) is 16.6 Å². The van der Waals surface area contributed by atoms with Gasteiger partial charge >= 0.3 is 0 Å². The summed E-state index contributed by atoms with van der Waals surface area (Å²) >= 11 is 13.5. The highest BCUT2D eigenvalue weighted by molar-refractivity contribution is 7.14. The van der Waals surface area contributed by atoms with Gasteiger partial charge in [0.25, 0.3) is 5.91 Å². The van der Waals surface area contributed by atoms with Crippen molar-refractivity contribution in [1.29, 1.82) is 0 Å². The second-order valence-corrected chi connectivity index (χ2v) is 8.86. The predicted octanol–water partition coefficient (Wildman–Crippen LogP) is 5.28. The first-order valence-corrected chi connectivity index (χ1v) is 11.3. The van der Waals surface area contributed by atoms with E-state index in [0.29, 0.717) is 27.3 Å². The lowest BCUT2D eigenvalue weighted by Gasteiger charge is -2.29. The Kier molecular flexibility index (Phi) is 6.67. The second kappa shape index (κ2) is 9.44. The van der Waals surface area contributed by atoms with Gasteiger partial charge in [0.05, 0.1) is 30.5 Å². The molecule has 1 amide bonds. The highest BCUT2D eigenvalue weighted by Gasteiger charge is 2.21. The highest BCUT2D eigenvalue weighted by Crippen LogP contribution is 2.33. The Hall–Kier alpha value is -2.32. The van der Waals surface area contributed by atoms with Crippen molar-refractivity contribution in [2.24, 2.45) is 0 Å². The van der Waals surface area contributed by atoms with Crippen molar-refractivity contribution in [3.8, 4) is 11.5 Å². The first-order chi connectivity index (χ1) is 15.0. The van der Waals surface area contributed by atoms with E-state index in [0.717, 1.165) is 36.7 Å². The molecule has 0 spiro atoms. The standard InChI is InChI=1S/C22H21Cl2N3O3S/c1-29-19-7-13-5-6-27(10-14(13)8-20(19)30-2)11-16-12-31-22(25-16)26-21(28)17-9-15(23)3-4-18(17)24/h3-4,7-9,12H,5-6,10-11H2,1-2H3,(H,25,26,28). The summed E-state index contributed by atoms with van der Waals surface area (Å²) in [4.78, 5) is 19.4. The van der Waals surface area contributed by atoms with E-state index in [-0.39, 0.29) is 5.91 Å². The highest BCUT2D eigenvalue weighted by atomic mass is 35.5. The molecule has 6 nitrogen and oxygen atoms in total. The van der Waals surface area contributed by atoms with Crippen LogP contribution in [0.25, 0.3) is 0 Å². The molecule has 2 heterocycles. The van der Waals surface area contributed by atoms with Crippen molar-refractivity contribution in [3.63, 3.8) is 0 Å². The van der Waals surface area contributed by atoms with Crippen LogP contribution in [0.15, 0.2) is 35.7 Å². The van der Waals surface area contributed by atoms with Crippen molar-refractivity contribution < 1.29 is 14.3 Å². The first kappa shape index (κ1) is 21.9. The first-order valence-electron chi connectivity index (χ1n) is 9.63. The average Bonchev–Trinajstić information content (AvgIpc) is 3.20. The zero-order chi connectivity index (χ0) is 22.0. The van der Waals surface area contributed by atoms with Crippen LogP contribution in [0, 0.1) is 0 Å². The molecule has 0 atom stereocenters. The molecule has 0 unspecified atom stereocenters. The van der Waals surface area contributed by atoms with Crippen molar-refractivity contribution in [1.82, 2.24) is 9.88 Å².